The minimum atomic E-state index is 0.476. The number of anilines is 2. The molecule has 170 valence electrons. The summed E-state index contributed by atoms with van der Waals surface area (Å²) in [5.74, 6) is 1.48. The minimum Gasteiger partial charge on any atom is -0.340 e. The van der Waals surface area contributed by atoms with Crippen molar-refractivity contribution in [1.29, 1.82) is 0 Å². The minimum absolute atomic E-state index is 0.476. The highest BCUT2D eigenvalue weighted by atomic mass is 15.1. The number of nitrogens with one attached hydrogen (secondary N) is 1. The lowest BCUT2D eigenvalue weighted by molar-refractivity contribution is 0.283. The van der Waals surface area contributed by atoms with Gasteiger partial charge in [0.25, 0.3) is 0 Å². The molecule has 6 nitrogen and oxygen atoms in total. The Labute approximate surface area is 198 Å². The summed E-state index contributed by atoms with van der Waals surface area (Å²) in [6, 6.07) is 23.3. The van der Waals surface area contributed by atoms with Crippen LogP contribution in [0.15, 0.2) is 79.3 Å². The van der Waals surface area contributed by atoms with Crippen molar-refractivity contribution in [3.63, 3.8) is 0 Å². The maximum absolute atomic E-state index is 5.88. The fourth-order valence-electron chi connectivity index (χ4n) is 5.13. The predicted octanol–water partition coefficient (Wildman–Crippen LogP) is 6.08. The van der Waals surface area contributed by atoms with Crippen molar-refractivity contribution in [3.8, 4) is 11.3 Å². The van der Waals surface area contributed by atoms with Crippen molar-refractivity contribution in [2.45, 2.75) is 31.7 Å². The van der Waals surface area contributed by atoms with E-state index in [0.717, 1.165) is 64.1 Å². The molecule has 0 saturated heterocycles. The van der Waals surface area contributed by atoms with E-state index in [0.29, 0.717) is 12.0 Å². The van der Waals surface area contributed by atoms with Crippen LogP contribution in [0.25, 0.3) is 33.2 Å². The molecule has 0 atom stereocenters. The second kappa shape index (κ2) is 8.88. The lowest BCUT2D eigenvalue weighted by Gasteiger charge is -2.29. The number of hydrogen-bond acceptors (Lipinski definition) is 5. The van der Waals surface area contributed by atoms with Gasteiger partial charge in [-0.15, -0.1) is 0 Å². The first-order valence-electron chi connectivity index (χ1n) is 12.0. The summed E-state index contributed by atoms with van der Waals surface area (Å²) >= 11 is 0. The smallest absolute Gasteiger partial charge is 0.145 e. The van der Waals surface area contributed by atoms with Crippen LogP contribution in [-0.4, -0.2) is 26.1 Å². The molecule has 3 aromatic heterocycles. The van der Waals surface area contributed by atoms with Gasteiger partial charge < -0.3 is 15.6 Å². The molecule has 1 fully saturated rings. The number of benzene rings is 2. The van der Waals surface area contributed by atoms with Crippen molar-refractivity contribution < 1.29 is 0 Å². The molecular weight excluding hydrogens is 420 g/mol. The zero-order valence-electron chi connectivity index (χ0n) is 19.1. The van der Waals surface area contributed by atoms with Gasteiger partial charge in [0, 0.05) is 28.9 Å². The van der Waals surface area contributed by atoms with Crippen LogP contribution in [0.5, 0.6) is 0 Å². The lowest BCUT2D eigenvalue weighted by Crippen LogP contribution is -2.23. The fourth-order valence-corrected chi connectivity index (χ4v) is 5.13. The molecule has 0 aliphatic heterocycles. The van der Waals surface area contributed by atoms with Gasteiger partial charge in [0.2, 0.25) is 0 Å². The molecule has 2 aromatic carbocycles. The second-order valence-corrected chi connectivity index (χ2v) is 9.19. The first kappa shape index (κ1) is 20.8. The van der Waals surface area contributed by atoms with Crippen LogP contribution in [0.3, 0.4) is 0 Å². The number of nitrogens with zero attached hydrogens (tertiary/aromatic N) is 4. The molecule has 0 unspecified atom stereocenters. The Morgan fingerprint density at radius 3 is 2.56 bits per heavy atom. The van der Waals surface area contributed by atoms with Crippen molar-refractivity contribution in [3.05, 3.63) is 79.3 Å². The number of aromatic nitrogens is 4. The van der Waals surface area contributed by atoms with Crippen LogP contribution < -0.4 is 11.1 Å². The average Bonchev–Trinajstić information content (AvgIpc) is 3.34. The van der Waals surface area contributed by atoms with Gasteiger partial charge in [0.05, 0.1) is 16.6 Å². The topological polar surface area (TPSA) is 81.6 Å². The molecule has 6 heteroatoms. The van der Waals surface area contributed by atoms with Crippen molar-refractivity contribution in [1.82, 2.24) is 19.5 Å². The van der Waals surface area contributed by atoms with Crippen LogP contribution >= 0.6 is 0 Å². The van der Waals surface area contributed by atoms with Crippen molar-refractivity contribution >= 4 is 33.4 Å². The highest BCUT2D eigenvalue weighted by molar-refractivity contribution is 5.91. The van der Waals surface area contributed by atoms with E-state index in [1.807, 2.05) is 18.2 Å². The summed E-state index contributed by atoms with van der Waals surface area (Å²) in [6.07, 6.45) is 8.49. The molecule has 6 rings (SSSR count). The number of fused-ring (bicyclic) bond motifs is 2. The molecule has 0 radical (unpaired) electrons. The third-order valence-electron chi connectivity index (χ3n) is 7.08. The van der Waals surface area contributed by atoms with E-state index in [2.05, 4.69) is 74.6 Å². The maximum Gasteiger partial charge on any atom is 0.145 e. The standard InChI is InChI=1S/C28H28N6/c29-17-19-6-11-23(12-7-19)34-15-14-24-27(30-18-31-28(24)34)32-22-10-8-21-9-13-25(33-26(21)16-22)20-4-2-1-3-5-20/h1-5,8-10,13-16,18-19,23H,6-7,11-12,17,29H2,(H,30,31,32). The Kier molecular flexibility index (Phi) is 5.43. The Morgan fingerprint density at radius 2 is 1.74 bits per heavy atom. The summed E-state index contributed by atoms with van der Waals surface area (Å²) < 4.78 is 2.32. The van der Waals surface area contributed by atoms with E-state index in [1.165, 1.54) is 12.8 Å². The summed E-state index contributed by atoms with van der Waals surface area (Å²) in [7, 11) is 0. The number of pyridine rings is 1. The first-order valence-corrected chi connectivity index (χ1v) is 12.0. The van der Waals surface area contributed by atoms with Gasteiger partial charge in [-0.25, -0.2) is 15.0 Å². The van der Waals surface area contributed by atoms with Crippen molar-refractivity contribution in [2.75, 3.05) is 11.9 Å². The average molecular weight is 449 g/mol. The largest absolute Gasteiger partial charge is 0.340 e. The number of rotatable bonds is 5. The first-order chi connectivity index (χ1) is 16.8. The molecule has 3 heterocycles. The molecular formula is C28H28N6. The van der Waals surface area contributed by atoms with Crippen LogP contribution in [-0.2, 0) is 0 Å². The van der Waals surface area contributed by atoms with E-state index in [1.54, 1.807) is 6.33 Å². The van der Waals surface area contributed by atoms with Crippen LogP contribution in [0.1, 0.15) is 31.7 Å². The van der Waals surface area contributed by atoms with E-state index < -0.39 is 0 Å². The zero-order valence-corrected chi connectivity index (χ0v) is 19.1. The summed E-state index contributed by atoms with van der Waals surface area (Å²) in [5.41, 5.74) is 10.9. The van der Waals surface area contributed by atoms with Crippen LogP contribution in [0.2, 0.25) is 0 Å². The molecule has 3 N–H and O–H groups in total. The lowest BCUT2D eigenvalue weighted by atomic mass is 9.86. The molecule has 1 saturated carbocycles. The summed E-state index contributed by atoms with van der Waals surface area (Å²) in [6.45, 7) is 0.794. The predicted molar refractivity (Wildman–Crippen MR) is 138 cm³/mol. The molecule has 1 aliphatic rings. The van der Waals surface area contributed by atoms with Crippen LogP contribution in [0, 0.1) is 5.92 Å². The Hall–Kier alpha value is -3.77. The molecule has 0 spiro atoms. The normalized spacial score (nSPS) is 18.4. The Bertz CT molecular complexity index is 1430. The fraction of sp³-hybridized carbons (Fsp3) is 0.250. The third-order valence-corrected chi connectivity index (χ3v) is 7.08. The van der Waals surface area contributed by atoms with Crippen molar-refractivity contribution in [2.24, 2.45) is 11.7 Å². The molecule has 0 bridgehead atoms. The van der Waals surface area contributed by atoms with Gasteiger partial charge in [-0.2, -0.15) is 0 Å². The molecule has 0 amide bonds. The van der Waals surface area contributed by atoms with Gasteiger partial charge in [0.1, 0.15) is 17.8 Å². The third kappa shape index (κ3) is 3.90. The number of hydrogen-bond donors (Lipinski definition) is 2. The highest BCUT2D eigenvalue weighted by Gasteiger charge is 2.23. The van der Waals surface area contributed by atoms with E-state index in [-0.39, 0.29) is 0 Å². The SMILES string of the molecule is NCC1CCC(n2ccc3c(Nc4ccc5ccc(-c6ccccc6)nc5c4)ncnc32)CC1. The highest BCUT2D eigenvalue weighted by Crippen LogP contribution is 2.35. The monoisotopic (exact) mass is 448 g/mol. The van der Waals surface area contributed by atoms with Gasteiger partial charge in [-0.3, -0.25) is 0 Å². The van der Waals surface area contributed by atoms with E-state index in [9.17, 15) is 0 Å². The van der Waals surface area contributed by atoms with E-state index >= 15 is 0 Å². The second-order valence-electron chi connectivity index (χ2n) is 9.19. The maximum atomic E-state index is 5.88. The van der Waals surface area contributed by atoms with Gasteiger partial charge >= 0.3 is 0 Å². The van der Waals surface area contributed by atoms with Crippen LogP contribution in [0.4, 0.5) is 11.5 Å². The number of nitrogens with two attached hydrogens (primary N) is 1. The summed E-state index contributed by atoms with van der Waals surface area (Å²) in [4.78, 5) is 14.1. The zero-order chi connectivity index (χ0) is 22.9. The Morgan fingerprint density at radius 1 is 0.912 bits per heavy atom. The molecule has 34 heavy (non-hydrogen) atoms. The Balaban J connectivity index is 1.30. The quantitative estimate of drug-likeness (QED) is 0.340. The summed E-state index contributed by atoms with van der Waals surface area (Å²) in [5, 5.41) is 5.65. The van der Waals surface area contributed by atoms with Gasteiger partial charge in [0.15, 0.2) is 0 Å². The molecule has 1 aliphatic carbocycles. The van der Waals surface area contributed by atoms with E-state index in [4.69, 9.17) is 10.7 Å². The van der Waals surface area contributed by atoms with Gasteiger partial charge in [-0.05, 0) is 62.4 Å². The van der Waals surface area contributed by atoms with Gasteiger partial charge in [-0.1, -0.05) is 42.5 Å². The molecule has 5 aromatic rings.